The molecule has 0 saturated heterocycles. The Morgan fingerprint density at radius 1 is 0.949 bits per heavy atom. The molecule has 0 aliphatic rings. The van der Waals surface area contributed by atoms with Gasteiger partial charge in [0.05, 0.1) is 17.7 Å². The summed E-state index contributed by atoms with van der Waals surface area (Å²) in [7, 11) is -2.63. The van der Waals surface area contributed by atoms with E-state index < -0.39 is 34.1 Å². The first-order valence-electron chi connectivity index (χ1n) is 12.7. The standard InChI is InChI=1S/C30H37N3O5S/c1-22-11-10-12-24(19-22)20-32(23(2)29(35)31-30(3,4)5)28(34)21-33(25-13-8-7-9-14-25)39(36,37)27-17-15-26(38-6)16-18-27/h7-19,23H,20-21H2,1-6H3,(H,31,35). The van der Waals surface area contributed by atoms with Crippen LogP contribution in [0.4, 0.5) is 5.69 Å². The van der Waals surface area contributed by atoms with E-state index in [1.165, 1.54) is 24.1 Å². The number of para-hydroxylation sites is 1. The molecule has 0 spiro atoms. The van der Waals surface area contributed by atoms with Gasteiger partial charge in [-0.1, -0.05) is 48.0 Å². The van der Waals surface area contributed by atoms with Crippen molar-refractivity contribution in [3.63, 3.8) is 0 Å². The second-order valence-electron chi connectivity index (χ2n) is 10.4. The molecule has 0 fully saturated rings. The van der Waals surface area contributed by atoms with E-state index in [4.69, 9.17) is 4.74 Å². The lowest BCUT2D eigenvalue weighted by molar-refractivity contribution is -0.140. The average Bonchev–Trinajstić information content (AvgIpc) is 2.89. The minimum Gasteiger partial charge on any atom is -0.497 e. The lowest BCUT2D eigenvalue weighted by Gasteiger charge is -2.33. The number of nitrogens with one attached hydrogen (secondary N) is 1. The van der Waals surface area contributed by atoms with Crippen LogP contribution in [-0.4, -0.2) is 50.4 Å². The van der Waals surface area contributed by atoms with Crippen molar-refractivity contribution in [3.05, 3.63) is 90.0 Å². The molecule has 0 aliphatic heterocycles. The van der Waals surface area contributed by atoms with Gasteiger partial charge in [0.15, 0.2) is 0 Å². The molecule has 208 valence electrons. The number of hydrogen-bond acceptors (Lipinski definition) is 5. The van der Waals surface area contributed by atoms with Crippen LogP contribution < -0.4 is 14.4 Å². The molecule has 0 aliphatic carbocycles. The van der Waals surface area contributed by atoms with Crippen LogP contribution in [0.15, 0.2) is 83.8 Å². The van der Waals surface area contributed by atoms with Gasteiger partial charge < -0.3 is 15.0 Å². The van der Waals surface area contributed by atoms with E-state index >= 15 is 0 Å². The number of sulfonamides is 1. The molecule has 3 aromatic carbocycles. The van der Waals surface area contributed by atoms with Crippen molar-refractivity contribution in [2.24, 2.45) is 0 Å². The van der Waals surface area contributed by atoms with Crippen molar-refractivity contribution in [2.75, 3.05) is 18.0 Å². The summed E-state index contributed by atoms with van der Waals surface area (Å²) in [5.74, 6) is -0.318. The number of carbonyl (C=O) groups is 2. The summed E-state index contributed by atoms with van der Waals surface area (Å²) >= 11 is 0. The Morgan fingerprint density at radius 2 is 1.59 bits per heavy atom. The highest BCUT2D eigenvalue weighted by Gasteiger charge is 2.33. The first kappa shape index (κ1) is 29.7. The smallest absolute Gasteiger partial charge is 0.264 e. The monoisotopic (exact) mass is 551 g/mol. The minimum atomic E-state index is -4.13. The Hall–Kier alpha value is -3.85. The molecular weight excluding hydrogens is 514 g/mol. The molecule has 0 heterocycles. The van der Waals surface area contributed by atoms with E-state index in [0.717, 1.165) is 15.4 Å². The summed E-state index contributed by atoms with van der Waals surface area (Å²) in [6.07, 6.45) is 0. The molecule has 8 nitrogen and oxygen atoms in total. The van der Waals surface area contributed by atoms with E-state index in [1.807, 2.05) is 52.0 Å². The number of amides is 2. The predicted octanol–water partition coefficient (Wildman–Crippen LogP) is 4.53. The molecule has 39 heavy (non-hydrogen) atoms. The summed E-state index contributed by atoms with van der Waals surface area (Å²) < 4.78 is 33.9. The topological polar surface area (TPSA) is 96.0 Å². The van der Waals surface area contributed by atoms with Gasteiger partial charge >= 0.3 is 0 Å². The normalized spacial score (nSPS) is 12.4. The number of aryl methyl sites for hydroxylation is 1. The second-order valence-corrected chi connectivity index (χ2v) is 12.3. The average molecular weight is 552 g/mol. The summed E-state index contributed by atoms with van der Waals surface area (Å²) in [5, 5.41) is 2.93. The summed E-state index contributed by atoms with van der Waals surface area (Å²) in [6, 6.07) is 21.3. The van der Waals surface area contributed by atoms with Gasteiger partial charge in [0.2, 0.25) is 11.8 Å². The van der Waals surface area contributed by atoms with E-state index in [9.17, 15) is 18.0 Å². The fraction of sp³-hybridized carbons (Fsp3) is 0.333. The predicted molar refractivity (Wildman–Crippen MR) is 153 cm³/mol. The van der Waals surface area contributed by atoms with Gasteiger partial charge in [-0.25, -0.2) is 8.42 Å². The van der Waals surface area contributed by atoms with Crippen LogP contribution in [0.25, 0.3) is 0 Å². The number of carbonyl (C=O) groups excluding carboxylic acids is 2. The third-order valence-corrected chi connectivity index (χ3v) is 7.86. The Morgan fingerprint density at radius 3 is 2.15 bits per heavy atom. The third kappa shape index (κ3) is 7.83. The largest absolute Gasteiger partial charge is 0.497 e. The first-order valence-corrected chi connectivity index (χ1v) is 14.1. The van der Waals surface area contributed by atoms with Crippen LogP contribution in [0.5, 0.6) is 5.75 Å². The Labute approximate surface area is 231 Å². The highest BCUT2D eigenvalue weighted by atomic mass is 32.2. The molecule has 0 aromatic heterocycles. The molecule has 3 aromatic rings. The number of nitrogens with zero attached hydrogens (tertiary/aromatic N) is 2. The summed E-state index contributed by atoms with van der Waals surface area (Å²) in [4.78, 5) is 28.5. The van der Waals surface area contributed by atoms with Crippen LogP contribution in [0, 0.1) is 6.92 Å². The molecule has 0 saturated carbocycles. The molecule has 0 radical (unpaired) electrons. The van der Waals surface area contributed by atoms with Crippen molar-refractivity contribution in [1.29, 1.82) is 0 Å². The van der Waals surface area contributed by atoms with Gasteiger partial charge in [0.25, 0.3) is 10.0 Å². The summed E-state index contributed by atoms with van der Waals surface area (Å²) in [5.41, 5.74) is 1.68. The molecule has 2 amide bonds. The SMILES string of the molecule is COc1ccc(S(=O)(=O)N(CC(=O)N(Cc2cccc(C)c2)C(C)C(=O)NC(C)(C)C)c2ccccc2)cc1. The number of anilines is 1. The third-order valence-electron chi connectivity index (χ3n) is 6.07. The lowest BCUT2D eigenvalue weighted by Crippen LogP contribution is -2.54. The number of hydrogen-bond donors (Lipinski definition) is 1. The van der Waals surface area contributed by atoms with Crippen molar-refractivity contribution in [3.8, 4) is 5.75 Å². The van der Waals surface area contributed by atoms with Crippen molar-refractivity contribution >= 4 is 27.5 Å². The van der Waals surface area contributed by atoms with Crippen LogP contribution in [-0.2, 0) is 26.2 Å². The first-order chi connectivity index (χ1) is 18.3. The quantitative estimate of drug-likeness (QED) is 0.399. The minimum absolute atomic E-state index is 0.0173. The number of benzene rings is 3. The van der Waals surface area contributed by atoms with Gasteiger partial charge in [-0.15, -0.1) is 0 Å². The fourth-order valence-corrected chi connectivity index (χ4v) is 5.48. The zero-order valence-electron chi connectivity index (χ0n) is 23.3. The van der Waals surface area contributed by atoms with Gasteiger partial charge in [0.1, 0.15) is 18.3 Å². The Kier molecular flexibility index (Phi) is 9.40. The van der Waals surface area contributed by atoms with Crippen LogP contribution in [0.2, 0.25) is 0 Å². The van der Waals surface area contributed by atoms with E-state index in [-0.39, 0.29) is 17.3 Å². The van der Waals surface area contributed by atoms with Gasteiger partial charge in [-0.2, -0.15) is 0 Å². The van der Waals surface area contributed by atoms with E-state index in [2.05, 4.69) is 5.32 Å². The summed E-state index contributed by atoms with van der Waals surface area (Å²) in [6.45, 7) is 8.85. The van der Waals surface area contributed by atoms with Gasteiger partial charge in [-0.3, -0.25) is 13.9 Å². The maximum absolute atomic E-state index is 13.9. The number of methoxy groups -OCH3 is 1. The molecule has 0 bridgehead atoms. The van der Waals surface area contributed by atoms with Crippen LogP contribution >= 0.6 is 0 Å². The number of ether oxygens (including phenoxy) is 1. The van der Waals surface area contributed by atoms with Gasteiger partial charge in [0, 0.05) is 12.1 Å². The maximum atomic E-state index is 13.9. The highest BCUT2D eigenvalue weighted by molar-refractivity contribution is 7.92. The number of rotatable bonds is 10. The molecule has 1 atom stereocenters. The maximum Gasteiger partial charge on any atom is 0.264 e. The zero-order valence-corrected chi connectivity index (χ0v) is 24.2. The lowest BCUT2D eigenvalue weighted by atomic mass is 10.1. The highest BCUT2D eigenvalue weighted by Crippen LogP contribution is 2.26. The van der Waals surface area contributed by atoms with Crippen molar-refractivity contribution < 1.29 is 22.7 Å². The molecule has 3 rings (SSSR count). The Bertz CT molecular complexity index is 1380. The fourth-order valence-electron chi connectivity index (χ4n) is 4.06. The van der Waals surface area contributed by atoms with Crippen LogP contribution in [0.3, 0.4) is 0 Å². The van der Waals surface area contributed by atoms with E-state index in [0.29, 0.717) is 11.4 Å². The van der Waals surface area contributed by atoms with Crippen molar-refractivity contribution in [2.45, 2.75) is 57.6 Å². The Balaban J connectivity index is 2.01. The second kappa shape index (κ2) is 12.3. The van der Waals surface area contributed by atoms with Gasteiger partial charge in [-0.05, 0) is 76.6 Å². The molecule has 1 N–H and O–H groups in total. The van der Waals surface area contributed by atoms with Crippen LogP contribution in [0.1, 0.15) is 38.8 Å². The zero-order chi connectivity index (χ0) is 28.8. The van der Waals surface area contributed by atoms with E-state index in [1.54, 1.807) is 49.4 Å². The molecule has 1 unspecified atom stereocenters. The van der Waals surface area contributed by atoms with Crippen molar-refractivity contribution in [1.82, 2.24) is 10.2 Å². The molecular formula is C30H37N3O5S. The molecule has 9 heteroatoms.